The zero-order valence-electron chi connectivity index (χ0n) is 14.4. The monoisotopic (exact) mass is 333 g/mol. The van der Waals surface area contributed by atoms with E-state index in [1.807, 2.05) is 36.5 Å². The smallest absolute Gasteiger partial charge is 0.128 e. The van der Waals surface area contributed by atoms with Crippen molar-refractivity contribution < 1.29 is 9.13 Å². The van der Waals surface area contributed by atoms with Gasteiger partial charge in [0.25, 0.3) is 0 Å². The normalized spacial score (nSPS) is 11.0. The average Bonchev–Trinajstić information content (AvgIpc) is 2.61. The summed E-state index contributed by atoms with van der Waals surface area (Å²) in [6.45, 7) is 4.50. The van der Waals surface area contributed by atoms with Gasteiger partial charge < -0.3 is 4.74 Å². The SMILES string of the molecule is Cc1ccc(N=Cc2ccccc2OCc2ccc(F)cc2)c(C)c1. The van der Waals surface area contributed by atoms with Crippen molar-refractivity contribution in [3.8, 4) is 5.75 Å². The number of benzene rings is 3. The number of hydrogen-bond donors (Lipinski definition) is 0. The minimum atomic E-state index is -0.246. The van der Waals surface area contributed by atoms with Crippen molar-refractivity contribution in [2.75, 3.05) is 0 Å². The highest BCUT2D eigenvalue weighted by molar-refractivity contribution is 5.85. The Hall–Kier alpha value is -2.94. The molecule has 0 aliphatic carbocycles. The fraction of sp³-hybridized carbons (Fsp3) is 0.136. The maximum absolute atomic E-state index is 13.0. The molecule has 0 fully saturated rings. The van der Waals surface area contributed by atoms with Crippen molar-refractivity contribution in [1.82, 2.24) is 0 Å². The molecule has 0 N–H and O–H groups in total. The van der Waals surface area contributed by atoms with E-state index in [1.54, 1.807) is 12.1 Å². The second-order valence-electron chi connectivity index (χ2n) is 6.00. The summed E-state index contributed by atoms with van der Waals surface area (Å²) in [6.07, 6.45) is 1.82. The summed E-state index contributed by atoms with van der Waals surface area (Å²) in [4.78, 5) is 4.59. The van der Waals surface area contributed by atoms with Gasteiger partial charge in [0.1, 0.15) is 18.2 Å². The second kappa shape index (κ2) is 7.75. The molecule has 3 aromatic rings. The van der Waals surface area contributed by atoms with Gasteiger partial charge in [0.15, 0.2) is 0 Å². The lowest BCUT2D eigenvalue weighted by atomic mass is 10.1. The zero-order chi connectivity index (χ0) is 17.6. The van der Waals surface area contributed by atoms with Crippen LogP contribution in [-0.4, -0.2) is 6.21 Å². The van der Waals surface area contributed by atoms with Gasteiger partial charge in [-0.15, -0.1) is 0 Å². The van der Waals surface area contributed by atoms with Crippen LogP contribution >= 0.6 is 0 Å². The molecule has 3 aromatic carbocycles. The van der Waals surface area contributed by atoms with Crippen LogP contribution in [0.1, 0.15) is 22.3 Å². The number of para-hydroxylation sites is 1. The Bertz CT molecular complexity index is 885. The Kier molecular flexibility index (Phi) is 5.24. The van der Waals surface area contributed by atoms with Crippen LogP contribution in [0, 0.1) is 19.7 Å². The molecule has 0 aliphatic heterocycles. The lowest BCUT2D eigenvalue weighted by Gasteiger charge is -2.09. The van der Waals surface area contributed by atoms with Crippen molar-refractivity contribution in [1.29, 1.82) is 0 Å². The van der Waals surface area contributed by atoms with Gasteiger partial charge in [0.2, 0.25) is 0 Å². The molecule has 0 radical (unpaired) electrons. The molecule has 3 heteroatoms. The molecule has 0 amide bonds. The first kappa shape index (κ1) is 16.9. The third-order valence-corrected chi connectivity index (χ3v) is 3.92. The first-order chi connectivity index (χ1) is 12.1. The highest BCUT2D eigenvalue weighted by Crippen LogP contribution is 2.22. The molecule has 0 atom stereocenters. The Morgan fingerprint density at radius 3 is 2.48 bits per heavy atom. The molecule has 0 aliphatic rings. The lowest BCUT2D eigenvalue weighted by molar-refractivity contribution is 0.305. The summed E-state index contributed by atoms with van der Waals surface area (Å²) in [5.74, 6) is 0.505. The van der Waals surface area contributed by atoms with Crippen molar-refractivity contribution in [3.05, 3.63) is 94.8 Å². The van der Waals surface area contributed by atoms with E-state index in [-0.39, 0.29) is 5.82 Å². The second-order valence-corrected chi connectivity index (χ2v) is 6.00. The maximum atomic E-state index is 13.0. The number of aryl methyl sites for hydroxylation is 2. The molecule has 0 heterocycles. The summed E-state index contributed by atoms with van der Waals surface area (Å²) in [6, 6.07) is 20.3. The molecule has 0 aromatic heterocycles. The Balaban J connectivity index is 1.76. The van der Waals surface area contributed by atoms with E-state index in [0.29, 0.717) is 6.61 Å². The Labute approximate surface area is 147 Å². The Morgan fingerprint density at radius 2 is 1.72 bits per heavy atom. The van der Waals surface area contributed by atoms with Crippen molar-refractivity contribution in [2.24, 2.45) is 4.99 Å². The molecule has 3 rings (SSSR count). The van der Waals surface area contributed by atoms with E-state index < -0.39 is 0 Å². The third-order valence-electron chi connectivity index (χ3n) is 3.92. The van der Waals surface area contributed by atoms with Crippen LogP contribution in [0.2, 0.25) is 0 Å². The van der Waals surface area contributed by atoms with Gasteiger partial charge in [0.05, 0.1) is 5.69 Å². The highest BCUT2D eigenvalue weighted by atomic mass is 19.1. The highest BCUT2D eigenvalue weighted by Gasteiger charge is 2.03. The van der Waals surface area contributed by atoms with Crippen LogP contribution in [0.3, 0.4) is 0 Å². The van der Waals surface area contributed by atoms with Crippen LogP contribution in [0.25, 0.3) is 0 Å². The van der Waals surface area contributed by atoms with E-state index in [1.165, 1.54) is 17.7 Å². The molecule has 0 saturated carbocycles. The van der Waals surface area contributed by atoms with E-state index >= 15 is 0 Å². The fourth-order valence-corrected chi connectivity index (χ4v) is 2.55. The first-order valence-corrected chi connectivity index (χ1v) is 8.19. The molecular formula is C22H20FNO. The van der Waals surface area contributed by atoms with E-state index in [4.69, 9.17) is 4.74 Å². The average molecular weight is 333 g/mol. The van der Waals surface area contributed by atoms with Crippen LogP contribution < -0.4 is 4.74 Å². The maximum Gasteiger partial charge on any atom is 0.128 e. The number of hydrogen-bond acceptors (Lipinski definition) is 2. The minimum absolute atomic E-state index is 0.246. The minimum Gasteiger partial charge on any atom is -0.488 e. The van der Waals surface area contributed by atoms with E-state index in [9.17, 15) is 4.39 Å². The molecule has 0 bridgehead atoms. The number of ether oxygens (including phenoxy) is 1. The molecule has 0 unspecified atom stereocenters. The molecule has 0 saturated heterocycles. The predicted octanol–water partition coefficient (Wildman–Crippen LogP) is 5.77. The van der Waals surface area contributed by atoms with Gasteiger partial charge in [-0.05, 0) is 55.3 Å². The van der Waals surface area contributed by atoms with E-state index in [2.05, 4.69) is 31.0 Å². The van der Waals surface area contributed by atoms with Crippen LogP contribution in [0.4, 0.5) is 10.1 Å². The van der Waals surface area contributed by atoms with Gasteiger partial charge in [-0.25, -0.2) is 4.39 Å². The summed E-state index contributed by atoms with van der Waals surface area (Å²) in [5, 5.41) is 0. The zero-order valence-corrected chi connectivity index (χ0v) is 14.4. The number of nitrogens with zero attached hydrogens (tertiary/aromatic N) is 1. The number of halogens is 1. The van der Waals surface area contributed by atoms with Gasteiger partial charge in [0, 0.05) is 11.8 Å². The standard InChI is InChI=1S/C22H20FNO/c1-16-7-12-21(17(2)13-16)24-14-19-5-3-4-6-22(19)25-15-18-8-10-20(23)11-9-18/h3-14H,15H2,1-2H3. The topological polar surface area (TPSA) is 21.6 Å². The number of rotatable bonds is 5. The fourth-order valence-electron chi connectivity index (χ4n) is 2.55. The first-order valence-electron chi connectivity index (χ1n) is 8.19. The van der Waals surface area contributed by atoms with Crippen molar-refractivity contribution in [3.63, 3.8) is 0 Å². The molecule has 0 spiro atoms. The lowest BCUT2D eigenvalue weighted by Crippen LogP contribution is -1.98. The summed E-state index contributed by atoms with van der Waals surface area (Å²) < 4.78 is 18.9. The molecular weight excluding hydrogens is 313 g/mol. The van der Waals surface area contributed by atoms with Crippen LogP contribution in [-0.2, 0) is 6.61 Å². The van der Waals surface area contributed by atoms with E-state index in [0.717, 1.165) is 28.1 Å². The van der Waals surface area contributed by atoms with Crippen LogP contribution in [0.5, 0.6) is 5.75 Å². The predicted molar refractivity (Wildman–Crippen MR) is 100 cm³/mol. The van der Waals surface area contributed by atoms with Crippen molar-refractivity contribution >= 4 is 11.9 Å². The van der Waals surface area contributed by atoms with Gasteiger partial charge >= 0.3 is 0 Å². The summed E-state index contributed by atoms with van der Waals surface area (Å²) in [7, 11) is 0. The largest absolute Gasteiger partial charge is 0.488 e. The van der Waals surface area contributed by atoms with Crippen molar-refractivity contribution in [2.45, 2.75) is 20.5 Å². The quantitative estimate of drug-likeness (QED) is 0.543. The molecule has 25 heavy (non-hydrogen) atoms. The molecule has 2 nitrogen and oxygen atoms in total. The van der Waals surface area contributed by atoms with Crippen LogP contribution in [0.15, 0.2) is 71.7 Å². The van der Waals surface area contributed by atoms with Gasteiger partial charge in [-0.1, -0.05) is 42.0 Å². The summed E-state index contributed by atoms with van der Waals surface area (Å²) >= 11 is 0. The third kappa shape index (κ3) is 4.54. The Morgan fingerprint density at radius 1 is 0.960 bits per heavy atom. The molecule has 126 valence electrons. The van der Waals surface area contributed by atoms with Gasteiger partial charge in [-0.2, -0.15) is 0 Å². The summed E-state index contributed by atoms with van der Waals surface area (Å²) in [5.41, 5.74) is 5.13. The van der Waals surface area contributed by atoms with Gasteiger partial charge in [-0.3, -0.25) is 4.99 Å². The number of aliphatic imine (C=N–C) groups is 1.